The number of fused-ring (bicyclic) bond motifs is 1. The fourth-order valence-corrected chi connectivity index (χ4v) is 5.66. The van der Waals surface area contributed by atoms with Gasteiger partial charge in [0, 0.05) is 30.8 Å². The molecule has 3 fully saturated rings. The third-order valence-corrected chi connectivity index (χ3v) is 7.57. The molecule has 3 aromatic rings. The number of hydrogen-bond acceptors (Lipinski definition) is 7. The quantitative estimate of drug-likeness (QED) is 0.648. The van der Waals surface area contributed by atoms with Gasteiger partial charge in [-0.2, -0.15) is 14.9 Å². The van der Waals surface area contributed by atoms with Crippen LogP contribution in [0.5, 0.6) is 0 Å². The number of ether oxygens (including phenoxy) is 2. The minimum Gasteiger partial charge on any atom is -0.385 e. The summed E-state index contributed by atoms with van der Waals surface area (Å²) in [6, 6.07) is 4.15. The van der Waals surface area contributed by atoms with Gasteiger partial charge in [-0.3, -0.25) is 5.10 Å². The summed E-state index contributed by atoms with van der Waals surface area (Å²) < 4.78 is 13.5. The molecule has 0 aromatic carbocycles. The number of aromatic nitrogens is 5. The maximum absolute atomic E-state index is 11.9. The zero-order chi connectivity index (χ0) is 21.8. The molecule has 0 unspecified atom stereocenters. The molecular weight excluding hydrogens is 408 g/mol. The Morgan fingerprint density at radius 1 is 1.16 bits per heavy atom. The van der Waals surface area contributed by atoms with E-state index in [4.69, 9.17) is 14.5 Å². The summed E-state index contributed by atoms with van der Waals surface area (Å²) in [5, 5.41) is 24.5. The zero-order valence-corrected chi connectivity index (χ0v) is 18.5. The Labute approximate surface area is 186 Å². The normalized spacial score (nSPS) is 31.1. The van der Waals surface area contributed by atoms with Gasteiger partial charge in [-0.1, -0.05) is 0 Å². The van der Waals surface area contributed by atoms with Crippen molar-refractivity contribution in [3.8, 4) is 5.82 Å². The fraction of sp³-hybridized carbons (Fsp3) is 0.609. The first-order valence-electron chi connectivity index (χ1n) is 11.7. The van der Waals surface area contributed by atoms with E-state index >= 15 is 0 Å². The molecule has 170 valence electrons. The van der Waals surface area contributed by atoms with Gasteiger partial charge in [0.2, 0.25) is 0 Å². The molecule has 2 aliphatic heterocycles. The Morgan fingerprint density at radius 2 is 2.03 bits per heavy atom. The standard InChI is InChI=1S/C23H30N6O3/c1-16-15-31-12-10-28(16)20-13-18(23(30)7-5-22(6-8-23)4-2-11-32-22)17-14-25-29(21(17)26-20)19-3-9-24-27-19/h3,9,13-14,16,30H,2,4-8,10-12,15H2,1H3,(H,24,27)/t16-,22-,23-/m1/s1. The summed E-state index contributed by atoms with van der Waals surface area (Å²) in [6.45, 7) is 5.09. The summed E-state index contributed by atoms with van der Waals surface area (Å²) in [6.07, 6.45) is 8.92. The molecule has 1 saturated carbocycles. The molecule has 3 aliphatic rings. The van der Waals surface area contributed by atoms with E-state index in [2.05, 4.69) is 33.2 Å². The van der Waals surface area contributed by atoms with Crippen molar-refractivity contribution in [1.29, 1.82) is 0 Å². The third kappa shape index (κ3) is 3.22. The fourth-order valence-electron chi connectivity index (χ4n) is 5.66. The van der Waals surface area contributed by atoms with Crippen molar-refractivity contribution in [3.63, 3.8) is 0 Å². The molecule has 0 amide bonds. The van der Waals surface area contributed by atoms with E-state index in [0.717, 1.165) is 55.6 Å². The molecule has 1 aliphatic carbocycles. The number of morpholine rings is 1. The highest BCUT2D eigenvalue weighted by molar-refractivity contribution is 5.83. The highest BCUT2D eigenvalue weighted by Crippen LogP contribution is 2.48. The van der Waals surface area contributed by atoms with E-state index < -0.39 is 5.60 Å². The molecule has 0 bridgehead atoms. The van der Waals surface area contributed by atoms with Gasteiger partial charge in [-0.15, -0.1) is 0 Å². The van der Waals surface area contributed by atoms with E-state index in [9.17, 15) is 5.11 Å². The highest BCUT2D eigenvalue weighted by Gasteiger charge is 2.46. The molecule has 5 heterocycles. The number of aromatic amines is 1. The van der Waals surface area contributed by atoms with Gasteiger partial charge in [0.15, 0.2) is 11.5 Å². The largest absolute Gasteiger partial charge is 0.385 e. The Bertz CT molecular complexity index is 1090. The molecule has 6 rings (SSSR count). The monoisotopic (exact) mass is 438 g/mol. The summed E-state index contributed by atoms with van der Waals surface area (Å²) in [4.78, 5) is 7.27. The first kappa shape index (κ1) is 20.1. The zero-order valence-electron chi connectivity index (χ0n) is 18.5. The van der Waals surface area contributed by atoms with Crippen LogP contribution in [0.3, 0.4) is 0 Å². The Kier molecular flexibility index (Phi) is 4.74. The maximum atomic E-state index is 11.9. The van der Waals surface area contributed by atoms with Crippen molar-refractivity contribution in [3.05, 3.63) is 30.1 Å². The molecular formula is C23H30N6O3. The van der Waals surface area contributed by atoms with Gasteiger partial charge >= 0.3 is 0 Å². The Hall–Kier alpha value is -2.49. The molecule has 3 aromatic heterocycles. The number of H-pyrrole nitrogens is 1. The van der Waals surface area contributed by atoms with Crippen LogP contribution in [-0.4, -0.2) is 68.1 Å². The van der Waals surface area contributed by atoms with E-state index in [1.165, 1.54) is 0 Å². The van der Waals surface area contributed by atoms with Crippen molar-refractivity contribution in [2.45, 2.75) is 62.7 Å². The smallest absolute Gasteiger partial charge is 0.177 e. The van der Waals surface area contributed by atoms with Gasteiger partial charge in [0.05, 0.1) is 36.7 Å². The van der Waals surface area contributed by atoms with Gasteiger partial charge < -0.3 is 19.5 Å². The first-order valence-corrected chi connectivity index (χ1v) is 11.7. The number of nitrogens with zero attached hydrogens (tertiary/aromatic N) is 5. The summed E-state index contributed by atoms with van der Waals surface area (Å²) in [5.74, 6) is 1.53. The highest BCUT2D eigenvalue weighted by atomic mass is 16.5. The Balaban J connectivity index is 1.46. The number of hydrogen-bond donors (Lipinski definition) is 2. The van der Waals surface area contributed by atoms with Crippen molar-refractivity contribution in [1.82, 2.24) is 25.0 Å². The molecule has 0 radical (unpaired) electrons. The predicted octanol–water partition coefficient (Wildman–Crippen LogP) is 2.68. The second-order valence-electron chi connectivity index (χ2n) is 9.54. The second-order valence-corrected chi connectivity index (χ2v) is 9.54. The number of rotatable bonds is 3. The van der Waals surface area contributed by atoms with Crippen LogP contribution in [0, 0.1) is 0 Å². The van der Waals surface area contributed by atoms with Crippen molar-refractivity contribution in [2.24, 2.45) is 0 Å². The lowest BCUT2D eigenvalue weighted by molar-refractivity contribution is -0.0935. The van der Waals surface area contributed by atoms with Crippen molar-refractivity contribution >= 4 is 16.9 Å². The molecule has 9 nitrogen and oxygen atoms in total. The van der Waals surface area contributed by atoms with Gasteiger partial charge in [-0.05, 0) is 57.1 Å². The van der Waals surface area contributed by atoms with E-state index in [1.54, 1.807) is 10.9 Å². The maximum Gasteiger partial charge on any atom is 0.177 e. The van der Waals surface area contributed by atoms with Crippen LogP contribution in [0.15, 0.2) is 24.5 Å². The van der Waals surface area contributed by atoms with Crippen LogP contribution in [0.25, 0.3) is 16.9 Å². The molecule has 1 spiro atoms. The predicted molar refractivity (Wildman–Crippen MR) is 119 cm³/mol. The minimum absolute atomic E-state index is 0.0425. The SMILES string of the molecule is C[C@@H]1COCCN1c1cc([C@]2(O)CC[C@@]3(CCCO3)CC2)c2cnn(-c3cc[nH]n3)c2n1. The van der Waals surface area contributed by atoms with Crippen molar-refractivity contribution in [2.75, 3.05) is 31.3 Å². The van der Waals surface area contributed by atoms with Crippen molar-refractivity contribution < 1.29 is 14.6 Å². The lowest BCUT2D eigenvalue weighted by atomic mass is 9.71. The van der Waals surface area contributed by atoms with Crippen LogP contribution in [0.4, 0.5) is 5.82 Å². The Morgan fingerprint density at radius 3 is 2.75 bits per heavy atom. The van der Waals surface area contributed by atoms with Crippen LogP contribution < -0.4 is 4.90 Å². The number of anilines is 1. The molecule has 2 saturated heterocycles. The molecule has 9 heteroatoms. The van der Waals surface area contributed by atoms with Gasteiger partial charge in [0.1, 0.15) is 5.82 Å². The number of nitrogens with one attached hydrogen (secondary N) is 1. The van der Waals surface area contributed by atoms with E-state index in [0.29, 0.717) is 37.5 Å². The third-order valence-electron chi connectivity index (χ3n) is 7.57. The minimum atomic E-state index is -0.928. The van der Waals surface area contributed by atoms with E-state index in [-0.39, 0.29) is 11.6 Å². The number of pyridine rings is 1. The second kappa shape index (κ2) is 7.54. The average molecular weight is 439 g/mol. The molecule has 1 atom stereocenters. The first-order chi connectivity index (χ1) is 15.6. The average Bonchev–Trinajstić information content (AvgIpc) is 3.57. The summed E-state index contributed by atoms with van der Waals surface area (Å²) in [7, 11) is 0. The summed E-state index contributed by atoms with van der Waals surface area (Å²) in [5.41, 5.74) is 0.654. The number of aliphatic hydroxyl groups is 1. The van der Waals surface area contributed by atoms with Crippen LogP contribution in [0.1, 0.15) is 51.0 Å². The van der Waals surface area contributed by atoms with Gasteiger partial charge in [0.25, 0.3) is 0 Å². The lowest BCUT2D eigenvalue weighted by Gasteiger charge is -2.42. The van der Waals surface area contributed by atoms with Crippen LogP contribution in [-0.2, 0) is 15.1 Å². The molecule has 32 heavy (non-hydrogen) atoms. The van der Waals surface area contributed by atoms with E-state index in [1.807, 2.05) is 12.3 Å². The topological polar surface area (TPSA) is 101 Å². The summed E-state index contributed by atoms with van der Waals surface area (Å²) >= 11 is 0. The molecule has 2 N–H and O–H groups in total. The lowest BCUT2D eigenvalue weighted by Crippen LogP contribution is -2.44. The van der Waals surface area contributed by atoms with Gasteiger partial charge in [-0.25, -0.2) is 4.98 Å². The van der Waals surface area contributed by atoms with Crippen LogP contribution in [0.2, 0.25) is 0 Å². The van der Waals surface area contributed by atoms with Crippen LogP contribution >= 0.6 is 0 Å².